The molecule has 0 radical (unpaired) electrons. The van der Waals surface area contributed by atoms with E-state index in [4.69, 9.17) is 0 Å². The molecule has 0 N–H and O–H groups in total. The van der Waals surface area contributed by atoms with Crippen LogP contribution in [0.4, 0.5) is 79.0 Å². The molecule has 0 amide bonds. The van der Waals surface area contributed by atoms with Gasteiger partial charge in [0, 0.05) is 0 Å². The van der Waals surface area contributed by atoms with Gasteiger partial charge in [-0.3, -0.25) is 0 Å². The molecule has 0 unspecified atom stereocenters. The molecule has 4 nitrogen and oxygen atoms in total. The molecule has 0 rings (SSSR count). The lowest BCUT2D eigenvalue weighted by Crippen LogP contribution is -2.67. The molecule has 206 valence electrons. The smallest absolute Gasteiger partial charge is 0.221 e. The number of hydrogen-bond donors (Lipinski definition) is 0. The Bertz CT molecular complexity index is 907. The highest BCUT2D eigenvalue weighted by molar-refractivity contribution is 8.10. The summed E-state index contributed by atoms with van der Waals surface area (Å²) in [7, 11) is -17.0. The van der Waals surface area contributed by atoms with Crippen LogP contribution in [0.15, 0.2) is 0 Å². The van der Waals surface area contributed by atoms with Gasteiger partial charge < -0.3 is 0 Å². The van der Waals surface area contributed by atoms with Gasteiger partial charge in [-0.25, -0.2) is 16.8 Å². The molecule has 24 heteroatoms. The van der Waals surface area contributed by atoms with Crippen molar-refractivity contribution in [2.45, 2.75) is 58.1 Å². The number of hydrogen-bond acceptors (Lipinski definition) is 4. The number of alkyl halides is 18. The molecule has 0 aromatic heterocycles. The van der Waals surface area contributed by atoms with Crippen LogP contribution in [0.25, 0.3) is 0 Å². The molecular formula is C10H4F18O4S2. The van der Waals surface area contributed by atoms with Gasteiger partial charge in [0.25, 0.3) is 0 Å². The van der Waals surface area contributed by atoms with Crippen LogP contribution in [0.5, 0.6) is 0 Å². The van der Waals surface area contributed by atoms with Crippen molar-refractivity contribution in [3.05, 3.63) is 0 Å². The van der Waals surface area contributed by atoms with Crippen molar-refractivity contribution in [1.29, 1.82) is 0 Å². The van der Waals surface area contributed by atoms with Gasteiger partial charge in [0.2, 0.25) is 19.7 Å². The van der Waals surface area contributed by atoms with E-state index in [0.717, 1.165) is 0 Å². The van der Waals surface area contributed by atoms with Gasteiger partial charge in [0.15, 0.2) is 4.58 Å². The molecular weight excluding hydrogens is 590 g/mol. The SMILES string of the molecule is CC(S(=O)(=O)C(F)(F)C(F)(F)C(F)(F)C(F)(F)F)S(=O)(=O)C(F)(F)C(F)(F)C(F)(F)C(F)(F)F. The van der Waals surface area contributed by atoms with Gasteiger partial charge in [-0.05, 0) is 6.92 Å². The number of halogens is 18. The van der Waals surface area contributed by atoms with Crippen molar-refractivity contribution in [1.82, 2.24) is 0 Å². The Morgan fingerprint density at radius 2 is 0.588 bits per heavy atom. The van der Waals surface area contributed by atoms with Crippen molar-refractivity contribution in [3.8, 4) is 0 Å². The molecule has 0 saturated carbocycles. The van der Waals surface area contributed by atoms with Crippen LogP contribution in [0, 0.1) is 0 Å². The van der Waals surface area contributed by atoms with Gasteiger partial charge in [-0.2, -0.15) is 79.0 Å². The fourth-order valence-corrected chi connectivity index (χ4v) is 5.53. The van der Waals surface area contributed by atoms with Crippen LogP contribution in [0.2, 0.25) is 0 Å². The van der Waals surface area contributed by atoms with Crippen LogP contribution in [-0.2, 0) is 19.7 Å². The van der Waals surface area contributed by atoms with Crippen molar-refractivity contribution >= 4 is 19.7 Å². The lowest BCUT2D eigenvalue weighted by atomic mass is 10.1. The minimum atomic E-state index is -8.51. The molecule has 0 fully saturated rings. The topological polar surface area (TPSA) is 68.3 Å². The zero-order valence-corrected chi connectivity index (χ0v) is 16.5. The van der Waals surface area contributed by atoms with Crippen molar-refractivity contribution in [2.75, 3.05) is 0 Å². The molecule has 0 atom stereocenters. The lowest BCUT2D eigenvalue weighted by Gasteiger charge is -2.36. The van der Waals surface area contributed by atoms with Crippen molar-refractivity contribution in [2.24, 2.45) is 0 Å². The van der Waals surface area contributed by atoms with E-state index in [1.165, 1.54) is 0 Å². The van der Waals surface area contributed by atoms with Gasteiger partial charge in [-0.15, -0.1) is 0 Å². The van der Waals surface area contributed by atoms with E-state index < -0.39 is 77.7 Å². The number of rotatable bonds is 8. The van der Waals surface area contributed by atoms with E-state index in [-0.39, 0.29) is 0 Å². The summed E-state index contributed by atoms with van der Waals surface area (Å²) in [5.41, 5.74) is 0. The fraction of sp³-hybridized carbons (Fsp3) is 1.00. The van der Waals surface area contributed by atoms with Crippen molar-refractivity contribution in [3.63, 3.8) is 0 Å². The summed E-state index contributed by atoms with van der Waals surface area (Å²) >= 11 is 0. The Morgan fingerprint density at radius 3 is 0.735 bits per heavy atom. The first kappa shape index (κ1) is 32.6. The summed E-state index contributed by atoms with van der Waals surface area (Å²) in [5, 5.41) is -16.2. The lowest BCUT2D eigenvalue weighted by molar-refractivity contribution is -0.382. The molecule has 0 aliphatic carbocycles. The Kier molecular flexibility index (Phi) is 7.51. The third-order valence-electron chi connectivity index (χ3n) is 3.82. The van der Waals surface area contributed by atoms with Crippen LogP contribution < -0.4 is 0 Å². The third kappa shape index (κ3) is 3.94. The molecule has 34 heavy (non-hydrogen) atoms. The molecule has 0 saturated heterocycles. The molecule has 0 aromatic rings. The first-order chi connectivity index (χ1) is 14.2. The van der Waals surface area contributed by atoms with Gasteiger partial charge in [0.05, 0.1) is 0 Å². The maximum atomic E-state index is 13.6. The molecule has 0 spiro atoms. The third-order valence-corrected chi connectivity index (χ3v) is 9.03. The zero-order valence-electron chi connectivity index (χ0n) is 14.8. The second-order valence-corrected chi connectivity index (χ2v) is 10.9. The highest BCUT2D eigenvalue weighted by atomic mass is 32.3. The summed E-state index contributed by atoms with van der Waals surface area (Å²) in [4.78, 5) is 0. The first-order valence-corrected chi connectivity index (χ1v) is 10.1. The Morgan fingerprint density at radius 1 is 0.412 bits per heavy atom. The molecule has 0 aliphatic heterocycles. The van der Waals surface area contributed by atoms with Crippen LogP contribution >= 0.6 is 0 Å². The Labute approximate surface area is 174 Å². The summed E-state index contributed by atoms with van der Waals surface area (Å²) in [6.07, 6.45) is -15.5. The monoisotopic (exact) mass is 594 g/mol. The van der Waals surface area contributed by atoms with Crippen LogP contribution in [0.1, 0.15) is 6.92 Å². The summed E-state index contributed by atoms with van der Waals surface area (Å²) in [6, 6.07) is 0. The maximum absolute atomic E-state index is 13.6. The molecule has 0 bridgehead atoms. The second-order valence-electron chi connectivity index (χ2n) is 5.98. The fourth-order valence-electron chi connectivity index (χ4n) is 1.66. The highest BCUT2D eigenvalue weighted by Crippen LogP contribution is 2.58. The maximum Gasteiger partial charge on any atom is 0.460 e. The predicted octanol–water partition coefficient (Wildman–Crippen LogP) is 5.01. The van der Waals surface area contributed by atoms with Crippen LogP contribution in [-0.4, -0.2) is 68.0 Å². The van der Waals surface area contributed by atoms with E-state index in [1.54, 1.807) is 0 Å². The molecule has 0 aliphatic rings. The average Bonchev–Trinajstić information content (AvgIpc) is 2.57. The van der Waals surface area contributed by atoms with Gasteiger partial charge in [0.1, 0.15) is 0 Å². The minimum Gasteiger partial charge on any atom is -0.221 e. The highest BCUT2D eigenvalue weighted by Gasteiger charge is 2.89. The average molecular weight is 594 g/mol. The number of sulfone groups is 2. The second kappa shape index (κ2) is 7.82. The van der Waals surface area contributed by atoms with Gasteiger partial charge in [-0.1, -0.05) is 0 Å². The molecule has 0 heterocycles. The van der Waals surface area contributed by atoms with Crippen molar-refractivity contribution < 1.29 is 95.9 Å². The van der Waals surface area contributed by atoms with Gasteiger partial charge >= 0.3 is 46.6 Å². The Balaban J connectivity index is 7.01. The summed E-state index contributed by atoms with van der Waals surface area (Å²) in [6.45, 7) is -1.30. The zero-order chi connectivity index (χ0) is 28.6. The van der Waals surface area contributed by atoms with E-state index in [0.29, 0.717) is 0 Å². The van der Waals surface area contributed by atoms with E-state index in [1.807, 2.05) is 0 Å². The largest absolute Gasteiger partial charge is 0.460 e. The standard InChI is InChI=1S/C10H4F18O4S2/c1-2(33(29,30)9(25,26)5(15,16)3(11,12)7(19,20)21)34(31,32)10(27,28)6(17,18)4(13,14)8(22,23)24/h2H,1H3. The quantitative estimate of drug-likeness (QED) is 0.371. The van der Waals surface area contributed by atoms with E-state index in [2.05, 4.69) is 0 Å². The molecule has 0 aromatic carbocycles. The minimum absolute atomic E-state index is 1.30. The first-order valence-electron chi connectivity index (χ1n) is 7.03. The summed E-state index contributed by atoms with van der Waals surface area (Å²) < 4.78 is 270. The van der Waals surface area contributed by atoms with Crippen LogP contribution in [0.3, 0.4) is 0 Å². The van der Waals surface area contributed by atoms with E-state index >= 15 is 0 Å². The predicted molar refractivity (Wildman–Crippen MR) is 69.1 cm³/mol. The Hall–Kier alpha value is -1.36. The normalized spacial score (nSPS) is 16.8. The summed E-state index contributed by atoms with van der Waals surface area (Å²) in [5.74, 6) is -32.7. The van der Waals surface area contributed by atoms with E-state index in [9.17, 15) is 95.9 Å².